The molecule has 0 aliphatic rings. The molecule has 2 unspecified atom stereocenters. The maximum absolute atomic E-state index is 3.31. The number of unbranched alkanes of at least 4 members (excludes halogenated alkanes) is 17. The van der Waals surface area contributed by atoms with Crippen LogP contribution in [0.5, 0.6) is 0 Å². The first-order chi connectivity index (χ1) is 20.3. The minimum Gasteiger partial charge on any atom is -0.121 e. The van der Waals surface area contributed by atoms with E-state index in [1.54, 1.807) is 0 Å². The molecule has 3 aromatic rings. The van der Waals surface area contributed by atoms with Gasteiger partial charge in [0, 0.05) is 11.1 Å². The molecule has 0 fully saturated rings. The lowest BCUT2D eigenvalue weighted by atomic mass is 9.74. The molecule has 0 saturated carbocycles. The first-order valence-electron chi connectivity index (χ1n) is 17.2. The molecule has 0 N–H and O–H groups in total. The van der Waals surface area contributed by atoms with Gasteiger partial charge in [-0.25, -0.2) is 0 Å². The molecule has 0 aliphatic heterocycles. The molecule has 0 bridgehead atoms. The van der Waals surface area contributed by atoms with E-state index in [4.69, 9.17) is 0 Å². The molecule has 0 saturated heterocycles. The highest BCUT2D eigenvalue weighted by Crippen LogP contribution is 2.52. The van der Waals surface area contributed by atoms with E-state index in [0.717, 1.165) is 0 Å². The molecule has 0 spiro atoms. The van der Waals surface area contributed by atoms with E-state index in [1.807, 2.05) is 0 Å². The monoisotopic (exact) mass is 650 g/mol. The Morgan fingerprint density at radius 1 is 0.452 bits per heavy atom. The summed E-state index contributed by atoms with van der Waals surface area (Å²) in [6.45, 7) is 2.30. The van der Waals surface area contributed by atoms with Crippen molar-refractivity contribution in [2.75, 3.05) is 0 Å². The van der Waals surface area contributed by atoms with Gasteiger partial charge in [0.25, 0.3) is 0 Å². The maximum atomic E-state index is 3.31. The molecule has 0 radical (unpaired) electrons. The Balaban J connectivity index is 0.00000616. The van der Waals surface area contributed by atoms with Crippen LogP contribution >= 0.6 is 26.2 Å². The van der Waals surface area contributed by atoms with Gasteiger partial charge in [0.1, 0.15) is 0 Å². The van der Waals surface area contributed by atoms with Crippen LogP contribution < -0.4 is 0 Å². The summed E-state index contributed by atoms with van der Waals surface area (Å²) in [5, 5.41) is -0.140. The molecule has 3 rings (SSSR count). The van der Waals surface area contributed by atoms with Crippen molar-refractivity contribution >= 4 is 26.2 Å². The standard InChI is InChI=1S/C40H59P.BrH/c1-2-3-4-5-6-7-8-9-10-11-12-13-14-15-16-17-18-28-35-39(36-29-22-19-23-30-36)40(41,37-31-24-20-25-32-37)38-33-26-21-27-34-38;/h19-27,29-34,39H,2-18,28,35,41H2,1H3;1H. The quantitative estimate of drug-likeness (QED) is 0.0707. The van der Waals surface area contributed by atoms with Gasteiger partial charge in [-0.05, 0) is 23.1 Å². The third-order valence-corrected chi connectivity index (χ3v) is 10.2. The van der Waals surface area contributed by atoms with Crippen LogP contribution in [-0.4, -0.2) is 0 Å². The molecule has 2 heteroatoms. The molecule has 3 aromatic carbocycles. The van der Waals surface area contributed by atoms with Crippen molar-refractivity contribution in [3.63, 3.8) is 0 Å². The lowest BCUT2D eigenvalue weighted by Gasteiger charge is -2.39. The first kappa shape index (κ1) is 36.8. The number of hydrogen-bond acceptors (Lipinski definition) is 0. The summed E-state index contributed by atoms with van der Waals surface area (Å²) in [4.78, 5) is 0. The average Bonchev–Trinajstić information content (AvgIpc) is 3.03. The van der Waals surface area contributed by atoms with Crippen LogP contribution in [0.2, 0.25) is 0 Å². The van der Waals surface area contributed by atoms with Gasteiger partial charge in [-0.2, -0.15) is 0 Å². The predicted molar refractivity (Wildman–Crippen MR) is 196 cm³/mol. The van der Waals surface area contributed by atoms with Crippen molar-refractivity contribution in [3.05, 3.63) is 108 Å². The Morgan fingerprint density at radius 2 is 0.762 bits per heavy atom. The Morgan fingerprint density at radius 3 is 1.12 bits per heavy atom. The summed E-state index contributed by atoms with van der Waals surface area (Å²) in [6.07, 6.45) is 26.8. The van der Waals surface area contributed by atoms with Gasteiger partial charge >= 0.3 is 0 Å². The van der Waals surface area contributed by atoms with Crippen LogP contribution in [0.25, 0.3) is 0 Å². The van der Waals surface area contributed by atoms with Gasteiger partial charge in [0.2, 0.25) is 0 Å². The van der Waals surface area contributed by atoms with Crippen LogP contribution in [0.15, 0.2) is 91.0 Å². The second kappa shape index (κ2) is 23.0. The molecule has 2 atom stereocenters. The molecule has 42 heavy (non-hydrogen) atoms. The fraction of sp³-hybridized carbons (Fsp3) is 0.550. The van der Waals surface area contributed by atoms with Crippen LogP contribution in [-0.2, 0) is 5.16 Å². The highest BCUT2D eigenvalue weighted by atomic mass is 79.9. The fourth-order valence-electron chi connectivity index (χ4n) is 6.59. The van der Waals surface area contributed by atoms with Crippen molar-refractivity contribution in [1.29, 1.82) is 0 Å². The van der Waals surface area contributed by atoms with Crippen molar-refractivity contribution in [2.24, 2.45) is 0 Å². The summed E-state index contributed by atoms with van der Waals surface area (Å²) in [6, 6.07) is 33.5. The van der Waals surface area contributed by atoms with E-state index in [2.05, 4.69) is 107 Å². The van der Waals surface area contributed by atoms with Crippen molar-refractivity contribution in [2.45, 2.75) is 140 Å². The van der Waals surface area contributed by atoms with E-state index >= 15 is 0 Å². The molecule has 232 valence electrons. The Kier molecular flexibility index (Phi) is 20.1. The zero-order valence-electron chi connectivity index (χ0n) is 26.7. The van der Waals surface area contributed by atoms with Crippen molar-refractivity contribution < 1.29 is 0 Å². The van der Waals surface area contributed by atoms with Gasteiger partial charge < -0.3 is 0 Å². The lowest BCUT2D eigenvalue weighted by Crippen LogP contribution is -2.29. The number of hydrogen-bond donors (Lipinski definition) is 0. The van der Waals surface area contributed by atoms with Gasteiger partial charge in [0.15, 0.2) is 0 Å². The van der Waals surface area contributed by atoms with E-state index in [1.165, 1.54) is 139 Å². The maximum Gasteiger partial charge on any atom is 0.0412 e. The smallest absolute Gasteiger partial charge is 0.0412 e. The van der Waals surface area contributed by atoms with Crippen LogP contribution in [0.4, 0.5) is 0 Å². The van der Waals surface area contributed by atoms with Crippen LogP contribution in [0, 0.1) is 0 Å². The molecule has 0 amide bonds. The van der Waals surface area contributed by atoms with E-state index in [0.29, 0.717) is 5.92 Å². The number of halogens is 1. The summed E-state index contributed by atoms with van der Waals surface area (Å²) in [5.74, 6) is 0.416. The Labute approximate surface area is 272 Å². The minimum atomic E-state index is -0.140. The van der Waals surface area contributed by atoms with Crippen LogP contribution in [0.1, 0.15) is 152 Å². The first-order valence-corrected chi connectivity index (χ1v) is 17.8. The molecule has 0 nitrogen and oxygen atoms in total. The van der Waals surface area contributed by atoms with Crippen LogP contribution in [0.3, 0.4) is 0 Å². The SMILES string of the molecule is Br.CCCCCCCCCCCCCCCCCCCCC(c1ccccc1)C(P)(c1ccccc1)c1ccccc1. The zero-order valence-corrected chi connectivity index (χ0v) is 29.5. The zero-order chi connectivity index (χ0) is 28.9. The van der Waals surface area contributed by atoms with Gasteiger partial charge in [-0.15, -0.1) is 26.2 Å². The number of benzene rings is 3. The second-order valence-corrected chi connectivity index (χ2v) is 13.3. The summed E-state index contributed by atoms with van der Waals surface area (Å²) in [7, 11) is 3.31. The second-order valence-electron chi connectivity index (χ2n) is 12.4. The topological polar surface area (TPSA) is 0 Å². The Hall–Kier alpha value is -1.43. The van der Waals surface area contributed by atoms with Gasteiger partial charge in [-0.3, -0.25) is 0 Å². The third-order valence-electron chi connectivity index (χ3n) is 9.10. The third kappa shape index (κ3) is 13.1. The van der Waals surface area contributed by atoms with E-state index in [-0.39, 0.29) is 22.1 Å². The molecular weight excluding hydrogens is 591 g/mol. The number of rotatable bonds is 23. The lowest BCUT2D eigenvalue weighted by molar-refractivity contribution is 0.476. The average molecular weight is 652 g/mol. The van der Waals surface area contributed by atoms with Crippen molar-refractivity contribution in [3.8, 4) is 0 Å². The summed E-state index contributed by atoms with van der Waals surface area (Å²) in [5.41, 5.74) is 4.21. The highest BCUT2D eigenvalue weighted by Gasteiger charge is 2.38. The van der Waals surface area contributed by atoms with Gasteiger partial charge in [-0.1, -0.05) is 213 Å². The molecule has 0 aliphatic carbocycles. The minimum absolute atomic E-state index is 0. The summed E-state index contributed by atoms with van der Waals surface area (Å²) >= 11 is 0. The summed E-state index contributed by atoms with van der Waals surface area (Å²) < 4.78 is 0. The highest BCUT2D eigenvalue weighted by molar-refractivity contribution is 8.93. The van der Waals surface area contributed by atoms with E-state index < -0.39 is 0 Å². The Bertz CT molecular complexity index is 964. The largest absolute Gasteiger partial charge is 0.121 e. The molecule has 0 heterocycles. The fourth-order valence-corrected chi connectivity index (χ4v) is 7.33. The normalized spacial score (nSPS) is 12.1. The predicted octanol–water partition coefficient (Wildman–Crippen LogP) is 13.6. The molecule has 0 aromatic heterocycles. The molecular formula is C40H60BrP. The van der Waals surface area contributed by atoms with Gasteiger partial charge in [0.05, 0.1) is 0 Å². The van der Waals surface area contributed by atoms with E-state index in [9.17, 15) is 0 Å². The van der Waals surface area contributed by atoms with Crippen molar-refractivity contribution in [1.82, 2.24) is 0 Å².